The van der Waals surface area contributed by atoms with E-state index in [1.165, 1.54) is 19.1 Å². The van der Waals surface area contributed by atoms with E-state index in [2.05, 4.69) is 34.1 Å². The Hall–Kier alpha value is -3.97. The number of aliphatic hydroxyl groups is 7. The third-order valence-electron chi connectivity index (χ3n) is 18.5. The fourth-order valence-electron chi connectivity index (χ4n) is 13.4. The van der Waals surface area contributed by atoms with Crippen LogP contribution >= 0.6 is 0 Å². The van der Waals surface area contributed by atoms with E-state index in [0.717, 1.165) is 43.8 Å². The molecule has 7 aliphatic rings. The number of esters is 2. The molecule has 30 heteroatoms. The summed E-state index contributed by atoms with van der Waals surface area (Å²) in [5, 5.41) is 79.1. The lowest BCUT2D eigenvalue weighted by Crippen LogP contribution is -2.60. The molecule has 0 radical (unpaired) electrons. The highest BCUT2D eigenvalue weighted by Crippen LogP contribution is 2.48. The summed E-state index contributed by atoms with van der Waals surface area (Å²) < 4.78 is 126. The highest BCUT2D eigenvalue weighted by molar-refractivity contribution is 7.81. The van der Waals surface area contributed by atoms with Crippen LogP contribution in [0.15, 0.2) is 71.9 Å². The van der Waals surface area contributed by atoms with E-state index < -0.39 is 154 Å². The molecule has 534 valence electrons. The van der Waals surface area contributed by atoms with Crippen molar-refractivity contribution in [2.45, 2.75) is 259 Å². The number of fused-ring (bicyclic) bond motifs is 1. The smallest absolute Gasteiger partial charge is 0.397 e. The molecule has 7 aliphatic heterocycles. The van der Waals surface area contributed by atoms with Crippen molar-refractivity contribution in [2.75, 3.05) is 33.0 Å². The average molecular weight is 1380 g/mol. The van der Waals surface area contributed by atoms with Crippen molar-refractivity contribution < 1.29 is 127 Å². The molecule has 11 unspecified atom stereocenters. The lowest BCUT2D eigenvalue weighted by atomic mass is 9.79. The summed E-state index contributed by atoms with van der Waals surface area (Å²) in [6.45, 7) is 14.1. The van der Waals surface area contributed by atoms with Crippen molar-refractivity contribution in [2.24, 2.45) is 17.8 Å². The minimum atomic E-state index is -5.32. The van der Waals surface area contributed by atoms with Crippen LogP contribution in [0.5, 0.6) is 0 Å². The van der Waals surface area contributed by atoms with Crippen LogP contribution in [0.3, 0.4) is 0 Å². The van der Waals surface area contributed by atoms with E-state index in [9.17, 15) is 67.0 Å². The first-order valence-corrected chi connectivity index (χ1v) is 35.2. The Kier molecular flexibility index (Phi) is 27.8. The molecule has 0 bridgehead atoms. The summed E-state index contributed by atoms with van der Waals surface area (Å²) in [5.41, 5.74) is -0.0760. The van der Waals surface area contributed by atoms with Gasteiger partial charge < -0.3 is 83.7 Å². The van der Waals surface area contributed by atoms with Gasteiger partial charge in [-0.15, -0.1) is 0 Å². The van der Waals surface area contributed by atoms with Gasteiger partial charge in [-0.3, -0.25) is 13.9 Å². The van der Waals surface area contributed by atoms with Crippen molar-refractivity contribution in [3.8, 4) is 0 Å². The molecule has 7 rings (SSSR count). The fourth-order valence-corrected chi connectivity index (χ4v) is 14.2. The number of rotatable bonds is 30. The number of nitrogens with one attached hydrogen (secondary N) is 1. The molecule has 1 amide bonds. The zero-order chi connectivity index (χ0) is 69.0. The van der Waals surface area contributed by atoms with Crippen molar-refractivity contribution in [1.82, 2.24) is 5.32 Å². The van der Waals surface area contributed by atoms with E-state index in [0.29, 0.717) is 68.6 Å². The fraction of sp³-hybridized carbons (Fsp3) is 0.766. The third-order valence-corrected chi connectivity index (χ3v) is 19.4. The number of ether oxygens (including phenoxy) is 9. The molecule has 7 heterocycles. The zero-order valence-corrected chi connectivity index (χ0v) is 56.0. The van der Waals surface area contributed by atoms with Crippen molar-refractivity contribution in [1.29, 1.82) is 0 Å². The molecule has 94 heavy (non-hydrogen) atoms. The van der Waals surface area contributed by atoms with Gasteiger partial charge in [0.1, 0.15) is 49.8 Å². The van der Waals surface area contributed by atoms with E-state index in [4.69, 9.17) is 51.7 Å². The van der Waals surface area contributed by atoms with Gasteiger partial charge >= 0.3 is 32.7 Å². The summed E-state index contributed by atoms with van der Waals surface area (Å²) >= 11 is 0. The maximum Gasteiger partial charge on any atom is 0.397 e. The van der Waals surface area contributed by atoms with Crippen LogP contribution in [-0.4, -0.2) is 221 Å². The summed E-state index contributed by atoms with van der Waals surface area (Å²) in [4.78, 5) is 37.8. The topological polar surface area (TPSA) is 415 Å². The number of hydrogen-bond donors (Lipinski definition) is 10. The number of amides is 1. The second-order valence-electron chi connectivity index (χ2n) is 26.7. The van der Waals surface area contributed by atoms with Crippen LogP contribution in [0.25, 0.3) is 0 Å². The first kappa shape index (κ1) is 77.4. The third kappa shape index (κ3) is 22.3. The monoisotopic (exact) mass is 1380 g/mol. The molecule has 28 nitrogen and oxygen atoms in total. The zero-order valence-electron chi connectivity index (χ0n) is 54.4. The normalized spacial score (nSPS) is 34.2. The summed E-state index contributed by atoms with van der Waals surface area (Å²) in [7, 11) is -10.4. The lowest BCUT2D eigenvalue weighted by molar-refractivity contribution is -0.321. The van der Waals surface area contributed by atoms with Crippen LogP contribution in [0.4, 0.5) is 0 Å². The summed E-state index contributed by atoms with van der Waals surface area (Å²) in [6.07, 6.45) is 6.14. The average Bonchev–Trinajstić information content (AvgIpc) is 1.36. The van der Waals surface area contributed by atoms with Gasteiger partial charge in [0.15, 0.2) is 17.2 Å². The van der Waals surface area contributed by atoms with Gasteiger partial charge in [0, 0.05) is 63.5 Å². The summed E-state index contributed by atoms with van der Waals surface area (Å²) in [5.74, 6) is -5.10. The number of allylic oxidation sites excluding steroid dienone is 3. The minimum absolute atomic E-state index is 0.0100. The highest BCUT2D eigenvalue weighted by atomic mass is 32.3. The van der Waals surface area contributed by atoms with Crippen molar-refractivity contribution in [3.05, 3.63) is 71.9 Å². The molecule has 0 aromatic heterocycles. The molecular weight excluding hydrogens is 1280 g/mol. The van der Waals surface area contributed by atoms with Crippen LogP contribution in [0, 0.1) is 17.8 Å². The Morgan fingerprint density at radius 1 is 0.883 bits per heavy atom. The Morgan fingerprint density at radius 3 is 2.33 bits per heavy atom. The Morgan fingerprint density at radius 2 is 1.62 bits per heavy atom. The van der Waals surface area contributed by atoms with E-state index in [1.807, 2.05) is 26.0 Å². The molecule has 0 aromatic rings. The van der Waals surface area contributed by atoms with Crippen LogP contribution in [0.2, 0.25) is 0 Å². The van der Waals surface area contributed by atoms with Gasteiger partial charge in [0.05, 0.1) is 62.0 Å². The number of aliphatic hydroxyl groups excluding tert-OH is 6. The van der Waals surface area contributed by atoms with Gasteiger partial charge in [0.25, 0.3) is 0 Å². The second-order valence-corrected chi connectivity index (χ2v) is 28.8. The van der Waals surface area contributed by atoms with E-state index >= 15 is 0 Å². The Labute approximate surface area is 550 Å². The molecule has 0 saturated carbocycles. The predicted octanol–water partition coefficient (Wildman–Crippen LogP) is 3.65. The van der Waals surface area contributed by atoms with Gasteiger partial charge in [-0.1, -0.05) is 63.3 Å². The lowest BCUT2D eigenvalue weighted by Gasteiger charge is -2.50. The first-order chi connectivity index (χ1) is 44.1. The van der Waals surface area contributed by atoms with Gasteiger partial charge in [-0.05, 0) is 120 Å². The Bertz CT molecular complexity index is 2950. The van der Waals surface area contributed by atoms with Gasteiger partial charge in [-0.25, -0.2) is 18.0 Å². The highest BCUT2D eigenvalue weighted by Gasteiger charge is 2.55. The second kappa shape index (κ2) is 33.7. The quantitative estimate of drug-likeness (QED) is 0.0161. The molecule has 6 fully saturated rings. The molecule has 0 aliphatic carbocycles. The number of carbonyl (C=O) groups is 3. The van der Waals surface area contributed by atoms with Gasteiger partial charge in [-0.2, -0.15) is 16.8 Å². The molecule has 21 atom stereocenters. The minimum Gasteiger partial charge on any atom is -0.459 e. The SMILES string of the molecule is C=C1[C@@H](O)C2OC3(CCC(/C=C/C(C)[C@@H]4CC(C)=C[C@@]5(OC(C[C@@](C)(O)C(=O)OC/C(C)=C/C=C/COC(=O)/C=C/CCC(=O)NCC(O)CC(O)C(OS(=O)(=O)O)C(O)COS(=O)(=O)O)CC[C@H]5O)O4)O3)CCC2O[C@@H]1[C@@H](O)C[C@H](C)C1O[C@@]2(CCCCO2)CC[C@H]1C. The predicted molar refractivity (Wildman–Crippen MR) is 333 cm³/mol. The van der Waals surface area contributed by atoms with Crippen LogP contribution < -0.4 is 5.32 Å². The molecule has 6 saturated heterocycles. The number of carbonyl (C=O) groups excluding carboxylic acids is 3. The van der Waals surface area contributed by atoms with Crippen LogP contribution in [-0.2, 0) is 86.2 Å². The van der Waals surface area contributed by atoms with Crippen LogP contribution in [0.1, 0.15) is 151 Å². The molecule has 0 aromatic carbocycles. The maximum atomic E-state index is 13.3. The molecular formula is C64H99NO27S2. The van der Waals surface area contributed by atoms with Gasteiger partial charge in [0.2, 0.25) is 11.7 Å². The van der Waals surface area contributed by atoms with Crippen molar-refractivity contribution >= 4 is 38.6 Å². The molecule has 10 N–H and O–H groups in total. The molecule has 3 spiro atoms. The Balaban J connectivity index is 0.787. The summed E-state index contributed by atoms with van der Waals surface area (Å²) in [6, 6.07) is 0. The maximum absolute atomic E-state index is 13.3. The standard InChI is InChI=1S/C64H99NO27S2/c1-38(14-10-12-28-82-54(72)16-9-8-15-53(71)65-35-44(66)32-48(68)58(92-94(79,80)81)49(69)37-85-93(76,77)78)36-83-60(74)61(7,75)34-46-19-20-52(70)64(88-46)33-39(2)30-51(89-64)40(3)17-18-45-22-26-63(87-45)27-23-50-59(91-63)55(73)43(6)57(86-50)47(67)31-42(5)56-41(4)21-25-62(90-56)24-11-13-29-84-62/h9-10,12,14,16-18,33,40-42,44-52,55-59,66-70,73,75H,6,8,11,13,15,19-32,34-37H2,1-5,7H3,(H,65,71)(H,76,77,78)(H,79,80,81)/b12-10+,16-9+,18-17+,38-14+/t40?,41-,42+,44?,45?,46?,47+,48?,49?,50?,51+,52-,55-,56?,57+,58?,59?,61-,62+,63?,64-/m1/s1. The number of hydrogen-bond acceptors (Lipinski definition) is 25. The first-order valence-electron chi connectivity index (χ1n) is 32.5. The van der Waals surface area contributed by atoms with E-state index in [-0.39, 0.29) is 62.9 Å². The largest absolute Gasteiger partial charge is 0.459 e. The van der Waals surface area contributed by atoms with E-state index in [1.54, 1.807) is 25.2 Å². The van der Waals surface area contributed by atoms with Crippen molar-refractivity contribution in [3.63, 3.8) is 0 Å².